The van der Waals surface area contributed by atoms with Crippen molar-refractivity contribution in [3.05, 3.63) is 49.7 Å². The Morgan fingerprint density at radius 3 is 2.97 bits per heavy atom. The Morgan fingerprint density at radius 1 is 1.36 bits per heavy atom. The van der Waals surface area contributed by atoms with E-state index in [0.717, 1.165) is 18.7 Å². The largest absolute Gasteiger partial charge is 0.439 e. The van der Waals surface area contributed by atoms with Crippen LogP contribution in [0.2, 0.25) is 10.0 Å². The zero-order chi connectivity index (χ0) is 22.5. The van der Waals surface area contributed by atoms with Gasteiger partial charge in [-0.25, -0.2) is 9.78 Å². The second-order valence-corrected chi connectivity index (χ2v) is 9.91. The summed E-state index contributed by atoms with van der Waals surface area (Å²) < 4.78 is 11.0. The Balaban J connectivity index is 0.00000306. The molecule has 2 N–H and O–H groups in total. The van der Waals surface area contributed by atoms with E-state index in [1.165, 1.54) is 23.1 Å². The summed E-state index contributed by atoms with van der Waals surface area (Å²) in [5.41, 5.74) is 1.58. The van der Waals surface area contributed by atoms with Crippen molar-refractivity contribution in [3.8, 4) is 11.5 Å². The highest BCUT2D eigenvalue weighted by molar-refractivity contribution is 8.01. The zero-order valence-corrected chi connectivity index (χ0v) is 21.0. The van der Waals surface area contributed by atoms with E-state index in [4.69, 9.17) is 27.9 Å². The number of carbonyl (C=O) groups is 1. The van der Waals surface area contributed by atoms with Gasteiger partial charge in [-0.15, -0.1) is 23.7 Å². The number of hydrogen-bond acceptors (Lipinski definition) is 9. The number of thiazole rings is 1. The lowest BCUT2D eigenvalue weighted by Crippen LogP contribution is -2.47. The molecule has 0 aliphatic carbocycles. The summed E-state index contributed by atoms with van der Waals surface area (Å²) in [4.78, 5) is 32.3. The molecule has 1 amide bonds. The number of nitrogens with zero attached hydrogens (tertiary/aromatic N) is 3. The molecule has 0 saturated carbocycles. The third-order valence-electron chi connectivity index (χ3n) is 4.63. The molecule has 1 aromatic carbocycles. The molecule has 1 aliphatic heterocycles. The Morgan fingerprint density at radius 2 is 2.21 bits per heavy atom. The fraction of sp³-hybridized carbons (Fsp3) is 0.368. The standard InChI is InChI=1S/C19H19Cl2N5O4S2.ClH/c20-13-2-1-11(5-14(13)21)7-26-3-4-29-12(8-26)6-22-16(27)10-32-19-23-15(9-31-19)17-24-18(28)30-25-17;/h1-2,5,9,12H,3-4,6-8,10H2,(H,22,27)(H,24,25,28);1H. The third-order valence-corrected chi connectivity index (χ3v) is 7.39. The lowest BCUT2D eigenvalue weighted by Gasteiger charge is -2.33. The van der Waals surface area contributed by atoms with Crippen LogP contribution in [0.4, 0.5) is 0 Å². The van der Waals surface area contributed by atoms with Gasteiger partial charge < -0.3 is 10.1 Å². The summed E-state index contributed by atoms with van der Waals surface area (Å²) in [5.74, 6) is -0.251. The van der Waals surface area contributed by atoms with Crippen LogP contribution in [-0.4, -0.2) is 64.0 Å². The maximum Gasteiger partial charge on any atom is 0.439 e. The fourth-order valence-corrected chi connectivity index (χ4v) is 5.08. The van der Waals surface area contributed by atoms with Gasteiger partial charge in [-0.2, -0.15) is 0 Å². The van der Waals surface area contributed by atoms with Gasteiger partial charge in [0.25, 0.3) is 0 Å². The quantitative estimate of drug-likeness (QED) is 0.409. The lowest BCUT2D eigenvalue weighted by atomic mass is 10.2. The SMILES string of the molecule is Cl.O=C(CSc1nc(-c2noc(=O)[nH]2)cs1)NCC1CN(Cc2ccc(Cl)c(Cl)c2)CCO1. The molecule has 1 atom stereocenters. The van der Waals surface area contributed by atoms with E-state index in [0.29, 0.717) is 39.8 Å². The zero-order valence-electron chi connectivity index (χ0n) is 17.1. The number of halogens is 3. The van der Waals surface area contributed by atoms with E-state index >= 15 is 0 Å². The summed E-state index contributed by atoms with van der Waals surface area (Å²) in [5, 5.41) is 9.34. The van der Waals surface area contributed by atoms with Crippen molar-refractivity contribution >= 4 is 64.6 Å². The van der Waals surface area contributed by atoms with Crippen molar-refractivity contribution in [3.63, 3.8) is 0 Å². The summed E-state index contributed by atoms with van der Waals surface area (Å²) in [6.07, 6.45) is -0.0871. The van der Waals surface area contributed by atoms with E-state index in [2.05, 4.69) is 29.9 Å². The van der Waals surface area contributed by atoms with E-state index in [1.54, 1.807) is 11.4 Å². The molecule has 3 aromatic rings. The predicted molar refractivity (Wildman–Crippen MR) is 131 cm³/mol. The van der Waals surface area contributed by atoms with Crippen molar-refractivity contribution in [1.82, 2.24) is 25.3 Å². The summed E-state index contributed by atoms with van der Waals surface area (Å²) >= 11 is 14.8. The Hall–Kier alpha value is -1.60. The molecule has 1 unspecified atom stereocenters. The highest BCUT2D eigenvalue weighted by Gasteiger charge is 2.21. The smallest absolute Gasteiger partial charge is 0.374 e. The van der Waals surface area contributed by atoms with Gasteiger partial charge in [-0.05, 0) is 17.7 Å². The first kappa shape index (κ1) is 26.0. The first-order chi connectivity index (χ1) is 15.5. The molecule has 14 heteroatoms. The molecule has 3 heterocycles. The molecule has 4 rings (SSSR count). The number of amides is 1. The van der Waals surface area contributed by atoms with Gasteiger partial charge >= 0.3 is 5.76 Å². The minimum absolute atomic E-state index is 0. The Kier molecular flexibility index (Phi) is 9.62. The van der Waals surface area contributed by atoms with Crippen LogP contribution in [0.15, 0.2) is 37.2 Å². The maximum atomic E-state index is 12.3. The van der Waals surface area contributed by atoms with Crippen LogP contribution in [-0.2, 0) is 16.1 Å². The third kappa shape index (κ3) is 7.44. The summed E-state index contributed by atoms with van der Waals surface area (Å²) in [6.45, 7) is 3.29. The number of aromatic nitrogens is 3. The number of thioether (sulfide) groups is 1. The number of aromatic amines is 1. The van der Waals surface area contributed by atoms with Crippen molar-refractivity contribution in [1.29, 1.82) is 0 Å². The van der Waals surface area contributed by atoms with Crippen molar-refractivity contribution < 1.29 is 14.1 Å². The minimum Gasteiger partial charge on any atom is -0.374 e. The molecule has 0 spiro atoms. The monoisotopic (exact) mass is 551 g/mol. The van der Waals surface area contributed by atoms with Crippen LogP contribution >= 0.6 is 58.7 Å². The predicted octanol–water partition coefficient (Wildman–Crippen LogP) is 3.32. The van der Waals surface area contributed by atoms with Gasteiger partial charge in [0.2, 0.25) is 11.7 Å². The number of H-pyrrole nitrogens is 1. The molecule has 2 aromatic heterocycles. The maximum absolute atomic E-state index is 12.3. The number of hydrogen-bond donors (Lipinski definition) is 2. The summed E-state index contributed by atoms with van der Waals surface area (Å²) in [6, 6.07) is 5.63. The van der Waals surface area contributed by atoms with Gasteiger partial charge in [-0.3, -0.25) is 19.2 Å². The van der Waals surface area contributed by atoms with Gasteiger partial charge in [0, 0.05) is 31.6 Å². The second kappa shape index (κ2) is 12.2. The van der Waals surface area contributed by atoms with Crippen molar-refractivity contribution in [2.75, 3.05) is 32.0 Å². The van der Waals surface area contributed by atoms with Crippen LogP contribution in [0.25, 0.3) is 11.5 Å². The van der Waals surface area contributed by atoms with Crippen molar-refractivity contribution in [2.24, 2.45) is 0 Å². The van der Waals surface area contributed by atoms with Gasteiger partial charge in [0.1, 0.15) is 5.69 Å². The summed E-state index contributed by atoms with van der Waals surface area (Å²) in [7, 11) is 0. The Bertz CT molecular complexity index is 1140. The van der Waals surface area contributed by atoms with Crippen LogP contribution in [0.1, 0.15) is 5.56 Å². The van der Waals surface area contributed by atoms with Crippen LogP contribution in [0, 0.1) is 0 Å². The molecule has 178 valence electrons. The van der Waals surface area contributed by atoms with E-state index in [1.807, 2.05) is 12.1 Å². The van der Waals surface area contributed by atoms with Crippen LogP contribution < -0.4 is 11.1 Å². The number of nitrogens with one attached hydrogen (secondary N) is 2. The lowest BCUT2D eigenvalue weighted by molar-refractivity contribution is -0.119. The molecule has 1 saturated heterocycles. The van der Waals surface area contributed by atoms with Crippen LogP contribution in [0.5, 0.6) is 0 Å². The van der Waals surface area contributed by atoms with Gasteiger partial charge in [0.05, 0.1) is 28.5 Å². The van der Waals surface area contributed by atoms with E-state index < -0.39 is 5.76 Å². The normalized spacial score (nSPS) is 16.4. The molecule has 9 nitrogen and oxygen atoms in total. The number of benzene rings is 1. The molecule has 1 fully saturated rings. The first-order valence-electron chi connectivity index (χ1n) is 9.65. The number of rotatable bonds is 8. The highest BCUT2D eigenvalue weighted by Crippen LogP contribution is 2.26. The average Bonchev–Trinajstić information content (AvgIpc) is 3.42. The van der Waals surface area contributed by atoms with Crippen molar-refractivity contribution in [2.45, 2.75) is 17.0 Å². The molecule has 33 heavy (non-hydrogen) atoms. The average molecular weight is 553 g/mol. The number of morpholine rings is 1. The van der Waals surface area contributed by atoms with E-state index in [-0.39, 0.29) is 36.0 Å². The molecule has 0 radical (unpaired) electrons. The highest BCUT2D eigenvalue weighted by atomic mass is 35.5. The van der Waals surface area contributed by atoms with Crippen LogP contribution in [0.3, 0.4) is 0 Å². The second-order valence-electron chi connectivity index (χ2n) is 7.01. The topological polar surface area (TPSA) is 113 Å². The van der Waals surface area contributed by atoms with Gasteiger partial charge in [-0.1, -0.05) is 46.2 Å². The molecular weight excluding hydrogens is 533 g/mol. The molecule has 0 bridgehead atoms. The fourth-order valence-electron chi connectivity index (χ4n) is 3.12. The Labute approximate surface area is 213 Å². The first-order valence-corrected chi connectivity index (χ1v) is 12.3. The number of ether oxygens (including phenoxy) is 1. The molecular formula is C19H20Cl3N5O4S2. The minimum atomic E-state index is -0.637. The van der Waals surface area contributed by atoms with Gasteiger partial charge in [0.15, 0.2) is 4.34 Å². The van der Waals surface area contributed by atoms with E-state index in [9.17, 15) is 9.59 Å². The molecule has 1 aliphatic rings. The number of carbonyl (C=O) groups excluding carboxylic acids is 1.